The Morgan fingerprint density at radius 1 is 1.14 bits per heavy atom. The van der Waals surface area contributed by atoms with Gasteiger partial charge in [0.1, 0.15) is 19.3 Å². The maximum absolute atomic E-state index is 13.3. The number of amides is 2. The van der Waals surface area contributed by atoms with E-state index in [9.17, 15) is 18.0 Å². The van der Waals surface area contributed by atoms with E-state index in [1.54, 1.807) is 22.5 Å². The van der Waals surface area contributed by atoms with Crippen LogP contribution in [0.4, 0.5) is 5.13 Å². The molecular formula is C24H30N4O6S2. The Labute approximate surface area is 214 Å². The first-order valence-electron chi connectivity index (χ1n) is 12.3. The van der Waals surface area contributed by atoms with Gasteiger partial charge in [0.15, 0.2) is 16.6 Å². The third-order valence-electron chi connectivity index (χ3n) is 7.00. The highest BCUT2D eigenvalue weighted by molar-refractivity contribution is 7.89. The molecule has 1 atom stereocenters. The second-order valence-corrected chi connectivity index (χ2v) is 12.1. The molecule has 36 heavy (non-hydrogen) atoms. The first-order chi connectivity index (χ1) is 17.4. The second kappa shape index (κ2) is 10.7. The molecule has 2 amide bonds. The van der Waals surface area contributed by atoms with Crippen LogP contribution in [0.3, 0.4) is 0 Å². The minimum absolute atomic E-state index is 0.0493. The van der Waals surface area contributed by atoms with Crippen LogP contribution in [0, 0.1) is 5.92 Å². The van der Waals surface area contributed by atoms with Gasteiger partial charge in [-0.15, -0.1) is 11.3 Å². The van der Waals surface area contributed by atoms with E-state index < -0.39 is 16.1 Å². The van der Waals surface area contributed by atoms with E-state index >= 15 is 0 Å². The lowest BCUT2D eigenvalue weighted by molar-refractivity contribution is -0.142. The fraction of sp³-hybridized carbons (Fsp3) is 0.542. The summed E-state index contributed by atoms with van der Waals surface area (Å²) in [5.41, 5.74) is 0. The Morgan fingerprint density at radius 2 is 1.92 bits per heavy atom. The molecule has 3 heterocycles. The summed E-state index contributed by atoms with van der Waals surface area (Å²) >= 11 is 1.32. The normalized spacial score (nSPS) is 20.2. The van der Waals surface area contributed by atoms with Crippen molar-refractivity contribution in [3.05, 3.63) is 29.8 Å². The lowest BCUT2D eigenvalue weighted by atomic mass is 9.84. The molecule has 2 fully saturated rings. The maximum atomic E-state index is 13.3. The van der Waals surface area contributed by atoms with E-state index in [1.807, 2.05) is 0 Å². The van der Waals surface area contributed by atoms with Gasteiger partial charge in [-0.1, -0.05) is 32.1 Å². The average Bonchev–Trinajstić information content (AvgIpc) is 3.41. The number of nitrogens with zero attached hydrogens (tertiary/aromatic N) is 3. The molecule has 0 radical (unpaired) electrons. The Balaban J connectivity index is 1.31. The van der Waals surface area contributed by atoms with Crippen molar-refractivity contribution in [1.82, 2.24) is 14.2 Å². The molecule has 12 heteroatoms. The fourth-order valence-corrected chi connectivity index (χ4v) is 7.05. The van der Waals surface area contributed by atoms with Gasteiger partial charge in [0.05, 0.1) is 11.4 Å². The summed E-state index contributed by atoms with van der Waals surface area (Å²) in [5, 5.41) is 5.11. The molecule has 0 bridgehead atoms. The van der Waals surface area contributed by atoms with Crippen LogP contribution in [0.1, 0.15) is 38.5 Å². The van der Waals surface area contributed by atoms with E-state index in [0.29, 0.717) is 42.2 Å². The maximum Gasteiger partial charge on any atom is 0.248 e. The minimum Gasteiger partial charge on any atom is -0.486 e. The van der Waals surface area contributed by atoms with E-state index in [4.69, 9.17) is 9.47 Å². The molecule has 1 saturated carbocycles. The zero-order valence-corrected chi connectivity index (χ0v) is 21.6. The van der Waals surface area contributed by atoms with Crippen LogP contribution in [-0.2, 0) is 19.6 Å². The molecule has 0 spiro atoms. The molecule has 194 valence electrons. The molecule has 1 aromatic heterocycles. The number of carbonyl (C=O) groups excluding carboxylic acids is 2. The average molecular weight is 535 g/mol. The second-order valence-electron chi connectivity index (χ2n) is 9.31. The van der Waals surface area contributed by atoms with Gasteiger partial charge in [0.25, 0.3) is 0 Å². The van der Waals surface area contributed by atoms with Crippen molar-refractivity contribution in [3.63, 3.8) is 0 Å². The summed E-state index contributed by atoms with van der Waals surface area (Å²) in [7, 11) is -3.92. The van der Waals surface area contributed by atoms with Crippen molar-refractivity contribution in [2.75, 3.05) is 38.2 Å². The quantitative estimate of drug-likeness (QED) is 0.580. The van der Waals surface area contributed by atoms with Gasteiger partial charge < -0.3 is 19.7 Å². The number of rotatable bonds is 7. The third-order valence-corrected chi connectivity index (χ3v) is 9.53. The topological polar surface area (TPSA) is 118 Å². The Morgan fingerprint density at radius 3 is 2.64 bits per heavy atom. The zero-order chi connectivity index (χ0) is 25.1. The van der Waals surface area contributed by atoms with Crippen LogP contribution in [0.15, 0.2) is 34.7 Å². The molecular weight excluding hydrogens is 504 g/mol. The summed E-state index contributed by atoms with van der Waals surface area (Å²) in [6, 6.07) is 3.81. The predicted molar refractivity (Wildman–Crippen MR) is 134 cm³/mol. The SMILES string of the molecule is O=C(Nc1nccs1)C(CC1CCCCC1)N1CCN(S(=O)(=O)c2ccc3c(c2)OCCO3)CC1=O. The molecule has 1 N–H and O–H groups in total. The Bertz CT molecular complexity index is 1200. The fourth-order valence-electron chi connectivity index (χ4n) is 5.12. The molecule has 2 aliphatic heterocycles. The highest BCUT2D eigenvalue weighted by atomic mass is 32.2. The molecule has 10 nitrogen and oxygen atoms in total. The molecule has 1 saturated heterocycles. The number of hydrogen-bond donors (Lipinski definition) is 1. The lowest BCUT2D eigenvalue weighted by Gasteiger charge is -2.39. The van der Waals surface area contributed by atoms with E-state index in [-0.39, 0.29) is 36.3 Å². The third kappa shape index (κ3) is 5.35. The van der Waals surface area contributed by atoms with Crippen LogP contribution in [0.25, 0.3) is 0 Å². The number of thiazole rings is 1. The number of aromatic nitrogens is 1. The molecule has 3 aliphatic rings. The van der Waals surface area contributed by atoms with Crippen LogP contribution < -0.4 is 14.8 Å². The van der Waals surface area contributed by atoms with Crippen LogP contribution in [0.5, 0.6) is 11.5 Å². The number of fused-ring (bicyclic) bond motifs is 1. The Hall–Kier alpha value is -2.70. The van der Waals surface area contributed by atoms with Gasteiger partial charge in [0.2, 0.25) is 21.8 Å². The smallest absolute Gasteiger partial charge is 0.248 e. The molecule has 1 aliphatic carbocycles. The minimum atomic E-state index is -3.92. The number of carbonyl (C=O) groups is 2. The number of nitrogens with one attached hydrogen (secondary N) is 1. The Kier molecular flexibility index (Phi) is 7.44. The van der Waals surface area contributed by atoms with Crippen molar-refractivity contribution in [1.29, 1.82) is 0 Å². The predicted octanol–water partition coefficient (Wildman–Crippen LogP) is 2.72. The summed E-state index contributed by atoms with van der Waals surface area (Å²) in [5.74, 6) is 0.583. The van der Waals surface area contributed by atoms with Crippen LogP contribution in [0.2, 0.25) is 0 Å². The lowest BCUT2D eigenvalue weighted by Crippen LogP contribution is -2.58. The van der Waals surface area contributed by atoms with Gasteiger partial charge in [-0.3, -0.25) is 9.59 Å². The highest BCUT2D eigenvalue weighted by Gasteiger charge is 2.39. The summed E-state index contributed by atoms with van der Waals surface area (Å²) in [4.78, 5) is 32.3. The molecule has 1 unspecified atom stereocenters. The first-order valence-corrected chi connectivity index (χ1v) is 14.6. The van der Waals surface area contributed by atoms with Crippen molar-refractivity contribution < 1.29 is 27.5 Å². The largest absolute Gasteiger partial charge is 0.486 e. The van der Waals surface area contributed by atoms with Crippen molar-refractivity contribution in [2.24, 2.45) is 5.92 Å². The van der Waals surface area contributed by atoms with Crippen LogP contribution >= 0.6 is 11.3 Å². The number of anilines is 1. The number of piperazine rings is 1. The molecule has 2 aromatic rings. The molecule has 1 aromatic carbocycles. The number of sulfonamides is 1. The van der Waals surface area contributed by atoms with Crippen molar-refractivity contribution >= 4 is 38.3 Å². The van der Waals surface area contributed by atoms with E-state index in [2.05, 4.69) is 10.3 Å². The van der Waals surface area contributed by atoms with E-state index in [1.165, 1.54) is 34.2 Å². The number of ether oxygens (including phenoxy) is 2. The number of benzene rings is 1. The van der Waals surface area contributed by atoms with Gasteiger partial charge in [-0.25, -0.2) is 13.4 Å². The highest BCUT2D eigenvalue weighted by Crippen LogP contribution is 2.34. The zero-order valence-electron chi connectivity index (χ0n) is 19.9. The van der Waals surface area contributed by atoms with Gasteiger partial charge in [-0.05, 0) is 24.5 Å². The summed E-state index contributed by atoms with van der Waals surface area (Å²) in [6.07, 6.45) is 7.70. The standard InChI is InChI=1S/C24H30N4O6S2/c29-22-16-27(36(31,32)18-6-7-20-21(15-18)34-12-11-33-20)9-10-28(22)19(14-17-4-2-1-3-5-17)23(30)26-24-25-8-13-35-24/h6-8,13,15,17,19H,1-5,9-12,14,16H2,(H,25,26,30). The summed E-state index contributed by atoms with van der Waals surface area (Å²) < 4.78 is 38.8. The molecule has 5 rings (SSSR count). The van der Waals surface area contributed by atoms with E-state index in [0.717, 1.165) is 25.7 Å². The monoisotopic (exact) mass is 534 g/mol. The van der Waals surface area contributed by atoms with Crippen molar-refractivity contribution in [2.45, 2.75) is 49.5 Å². The van der Waals surface area contributed by atoms with Gasteiger partial charge in [-0.2, -0.15) is 4.31 Å². The van der Waals surface area contributed by atoms with Gasteiger partial charge in [0, 0.05) is 30.7 Å². The number of hydrogen-bond acceptors (Lipinski definition) is 8. The summed E-state index contributed by atoms with van der Waals surface area (Å²) in [6.45, 7) is 0.689. The van der Waals surface area contributed by atoms with Crippen molar-refractivity contribution in [3.8, 4) is 11.5 Å². The van der Waals surface area contributed by atoms with Gasteiger partial charge >= 0.3 is 0 Å². The van der Waals surface area contributed by atoms with Crippen LogP contribution in [-0.4, -0.2) is 73.3 Å². The first kappa shape index (κ1) is 25.0.